The summed E-state index contributed by atoms with van der Waals surface area (Å²) in [4.78, 5) is 12.5. The normalized spacial score (nSPS) is 10.6. The maximum Gasteiger partial charge on any atom is 0.190 e. The fraction of sp³-hybridized carbons (Fsp3) is 0.350. The molecule has 0 saturated heterocycles. The van der Waals surface area contributed by atoms with Crippen LogP contribution in [-0.2, 0) is 24.2 Å². The molecule has 2 aromatic carbocycles. The molecule has 0 saturated carbocycles. The third-order valence-electron chi connectivity index (χ3n) is 3.88. The monoisotopic (exact) mass is 328 g/mol. The van der Waals surface area contributed by atoms with Crippen LogP contribution in [0.2, 0.25) is 0 Å². The predicted molar refractivity (Wildman–Crippen MR) is 97.2 cm³/mol. The van der Waals surface area contributed by atoms with Crippen molar-refractivity contribution in [2.75, 3.05) is 0 Å². The summed E-state index contributed by atoms with van der Waals surface area (Å²) < 4.78 is 6.06. The van der Waals surface area contributed by atoms with Crippen LogP contribution in [0, 0.1) is 6.92 Å². The number of carbonyl (C=O) groups is 1. The van der Waals surface area contributed by atoms with E-state index in [2.05, 4.69) is 39.0 Å². The van der Waals surface area contributed by atoms with Gasteiger partial charge in [0.2, 0.25) is 0 Å². The minimum Gasteiger partial charge on any atom is -0.489 e. The van der Waals surface area contributed by atoms with Crippen molar-refractivity contribution in [1.29, 1.82) is 0 Å². The van der Waals surface area contributed by atoms with Crippen molar-refractivity contribution >= 4 is 16.9 Å². The Morgan fingerprint density at radius 3 is 2.52 bits per heavy atom. The van der Waals surface area contributed by atoms with Gasteiger partial charge in [0, 0.05) is 17.4 Å². The lowest BCUT2D eigenvalue weighted by molar-refractivity contribution is -0.109. The Kier molecular flexibility index (Phi) is 6.28. The van der Waals surface area contributed by atoms with Crippen LogP contribution in [0.3, 0.4) is 0 Å². The van der Waals surface area contributed by atoms with Gasteiger partial charge in [-0.05, 0) is 48.6 Å². The van der Waals surface area contributed by atoms with Crippen molar-refractivity contribution in [1.82, 2.24) is 0 Å². The minimum atomic E-state index is 0.1000. The zero-order valence-electron chi connectivity index (χ0n) is 14.3. The van der Waals surface area contributed by atoms with Crippen molar-refractivity contribution < 1.29 is 9.53 Å². The Morgan fingerprint density at radius 2 is 1.91 bits per heavy atom. The SMILES string of the molecule is CCc1ccc(OCc2c(CC)cccc2SC(C)=O)c(C)c1. The Balaban J connectivity index is 2.24. The number of aryl methyl sites for hydroxylation is 3. The molecule has 2 aromatic rings. The number of ether oxygens (including phenoxy) is 1. The smallest absolute Gasteiger partial charge is 0.190 e. The van der Waals surface area contributed by atoms with E-state index in [9.17, 15) is 4.79 Å². The molecule has 0 amide bonds. The maximum absolute atomic E-state index is 11.5. The van der Waals surface area contributed by atoms with Gasteiger partial charge in [-0.25, -0.2) is 0 Å². The average molecular weight is 328 g/mol. The van der Waals surface area contributed by atoms with Crippen LogP contribution in [0.25, 0.3) is 0 Å². The second kappa shape index (κ2) is 8.21. The number of thioether (sulfide) groups is 1. The highest BCUT2D eigenvalue weighted by atomic mass is 32.2. The third-order valence-corrected chi connectivity index (χ3v) is 4.77. The summed E-state index contributed by atoms with van der Waals surface area (Å²) in [7, 11) is 0. The standard InChI is InChI=1S/C20H24O2S/c1-5-16-10-11-19(14(3)12-16)22-13-18-17(6-2)8-7-9-20(18)23-15(4)21/h7-12H,5-6,13H2,1-4H3. The molecule has 0 atom stereocenters. The highest BCUT2D eigenvalue weighted by molar-refractivity contribution is 8.13. The summed E-state index contributed by atoms with van der Waals surface area (Å²) in [5.41, 5.74) is 4.82. The van der Waals surface area contributed by atoms with Crippen molar-refractivity contribution in [3.8, 4) is 5.75 Å². The molecule has 0 N–H and O–H groups in total. The Labute approximate surface area is 143 Å². The summed E-state index contributed by atoms with van der Waals surface area (Å²) >= 11 is 1.28. The number of hydrogen-bond acceptors (Lipinski definition) is 3. The van der Waals surface area contributed by atoms with E-state index in [1.165, 1.54) is 22.9 Å². The largest absolute Gasteiger partial charge is 0.489 e. The van der Waals surface area contributed by atoms with E-state index in [0.29, 0.717) is 6.61 Å². The lowest BCUT2D eigenvalue weighted by Crippen LogP contribution is -2.03. The topological polar surface area (TPSA) is 26.3 Å². The summed E-state index contributed by atoms with van der Waals surface area (Å²) in [5, 5.41) is 0.1000. The summed E-state index contributed by atoms with van der Waals surface area (Å²) in [6.07, 6.45) is 1.96. The Bertz CT molecular complexity index is 692. The van der Waals surface area contributed by atoms with Crippen LogP contribution in [-0.4, -0.2) is 5.12 Å². The first-order valence-corrected chi connectivity index (χ1v) is 8.88. The second-order valence-corrected chi connectivity index (χ2v) is 6.80. The first-order valence-electron chi connectivity index (χ1n) is 8.06. The lowest BCUT2D eigenvalue weighted by Gasteiger charge is -2.15. The van der Waals surface area contributed by atoms with Crippen molar-refractivity contribution in [2.24, 2.45) is 0 Å². The van der Waals surface area contributed by atoms with Crippen LogP contribution < -0.4 is 4.74 Å². The zero-order valence-corrected chi connectivity index (χ0v) is 15.1. The quantitative estimate of drug-likeness (QED) is 0.670. The zero-order chi connectivity index (χ0) is 16.8. The first kappa shape index (κ1) is 17.6. The van der Waals surface area contributed by atoms with Gasteiger partial charge in [-0.15, -0.1) is 0 Å². The molecule has 122 valence electrons. The first-order chi connectivity index (χ1) is 11.0. The maximum atomic E-state index is 11.5. The Morgan fingerprint density at radius 1 is 1.13 bits per heavy atom. The molecule has 3 heteroatoms. The molecule has 0 unspecified atom stereocenters. The number of rotatable bonds is 6. The van der Waals surface area contributed by atoms with Crippen molar-refractivity contribution in [3.63, 3.8) is 0 Å². The van der Waals surface area contributed by atoms with Crippen LogP contribution in [0.15, 0.2) is 41.3 Å². The lowest BCUT2D eigenvalue weighted by atomic mass is 10.1. The molecule has 0 aromatic heterocycles. The van der Waals surface area contributed by atoms with Crippen molar-refractivity contribution in [2.45, 2.75) is 52.0 Å². The molecule has 2 rings (SSSR count). The van der Waals surface area contributed by atoms with E-state index in [0.717, 1.165) is 34.6 Å². The van der Waals surface area contributed by atoms with E-state index >= 15 is 0 Å². The molecule has 0 spiro atoms. The number of benzene rings is 2. The minimum absolute atomic E-state index is 0.1000. The highest BCUT2D eigenvalue weighted by Gasteiger charge is 2.11. The summed E-state index contributed by atoms with van der Waals surface area (Å²) in [6, 6.07) is 12.4. The van der Waals surface area contributed by atoms with Crippen molar-refractivity contribution in [3.05, 3.63) is 58.7 Å². The van der Waals surface area contributed by atoms with Crippen LogP contribution in [0.5, 0.6) is 5.75 Å². The highest BCUT2D eigenvalue weighted by Crippen LogP contribution is 2.29. The molecule has 2 nitrogen and oxygen atoms in total. The molecule has 23 heavy (non-hydrogen) atoms. The van der Waals surface area contributed by atoms with Gasteiger partial charge in [0.15, 0.2) is 5.12 Å². The van der Waals surface area contributed by atoms with Gasteiger partial charge in [0.1, 0.15) is 12.4 Å². The van der Waals surface area contributed by atoms with E-state index in [1.54, 1.807) is 6.92 Å². The number of hydrogen-bond donors (Lipinski definition) is 0. The predicted octanol–water partition coefficient (Wildman–Crippen LogP) is 5.34. The molecular weight excluding hydrogens is 304 g/mol. The van der Waals surface area contributed by atoms with Gasteiger partial charge in [0.05, 0.1) is 0 Å². The van der Waals surface area contributed by atoms with Gasteiger partial charge in [-0.2, -0.15) is 0 Å². The average Bonchev–Trinajstić information content (AvgIpc) is 2.53. The van der Waals surface area contributed by atoms with Gasteiger partial charge in [-0.1, -0.05) is 49.9 Å². The molecule has 0 bridgehead atoms. The molecule has 0 aliphatic carbocycles. The van der Waals surface area contributed by atoms with E-state index in [4.69, 9.17) is 4.74 Å². The molecule has 0 aliphatic rings. The molecule has 0 heterocycles. The fourth-order valence-electron chi connectivity index (χ4n) is 2.60. The van der Waals surface area contributed by atoms with Crippen LogP contribution >= 0.6 is 11.8 Å². The molecular formula is C20H24O2S. The molecule has 0 aliphatic heterocycles. The van der Waals surface area contributed by atoms with E-state index in [-0.39, 0.29) is 5.12 Å². The van der Waals surface area contributed by atoms with Gasteiger partial charge >= 0.3 is 0 Å². The Hall–Kier alpha value is -1.74. The summed E-state index contributed by atoms with van der Waals surface area (Å²) in [5.74, 6) is 0.909. The fourth-order valence-corrected chi connectivity index (χ4v) is 3.37. The van der Waals surface area contributed by atoms with E-state index in [1.807, 2.05) is 18.2 Å². The van der Waals surface area contributed by atoms with Crippen LogP contribution in [0.1, 0.15) is 43.0 Å². The summed E-state index contributed by atoms with van der Waals surface area (Å²) in [6.45, 7) is 8.44. The van der Waals surface area contributed by atoms with Gasteiger partial charge in [-0.3, -0.25) is 4.79 Å². The van der Waals surface area contributed by atoms with Gasteiger partial charge < -0.3 is 4.74 Å². The van der Waals surface area contributed by atoms with Crippen LogP contribution in [0.4, 0.5) is 0 Å². The second-order valence-electron chi connectivity index (χ2n) is 5.58. The molecule has 0 radical (unpaired) electrons. The number of carbonyl (C=O) groups excluding carboxylic acids is 1. The molecule has 0 fully saturated rings. The third kappa shape index (κ3) is 4.61. The van der Waals surface area contributed by atoms with E-state index < -0.39 is 0 Å². The van der Waals surface area contributed by atoms with Gasteiger partial charge in [0.25, 0.3) is 0 Å².